The van der Waals surface area contributed by atoms with Gasteiger partial charge in [-0.3, -0.25) is 4.79 Å². The van der Waals surface area contributed by atoms with Crippen molar-refractivity contribution < 1.29 is 18.7 Å². The molecular formula is C20H19FN4O3S. The maximum Gasteiger partial charge on any atom is 0.337 e. The number of esters is 1. The zero-order chi connectivity index (χ0) is 20.8. The molecule has 0 radical (unpaired) electrons. The van der Waals surface area contributed by atoms with Crippen molar-refractivity contribution in [3.8, 4) is 11.4 Å². The Labute approximate surface area is 171 Å². The molecule has 0 saturated heterocycles. The van der Waals surface area contributed by atoms with E-state index in [1.165, 1.54) is 24.9 Å². The van der Waals surface area contributed by atoms with Crippen molar-refractivity contribution in [3.05, 3.63) is 59.9 Å². The average molecular weight is 414 g/mol. The number of hydrogen-bond acceptors (Lipinski definition) is 6. The standard InChI is InChI=1S/C20H19FN4O3S/c1-3-25-18(15-6-4-5-7-16(15)21)23-24-20(25)29-12-17(26)22-14-10-8-13(9-11-14)19(27)28-2/h4-11H,3,12H2,1-2H3,(H,22,26). The first-order valence-corrected chi connectivity index (χ1v) is 9.81. The number of hydrogen-bond donors (Lipinski definition) is 1. The first kappa shape index (κ1) is 20.5. The lowest BCUT2D eigenvalue weighted by molar-refractivity contribution is -0.113. The number of methoxy groups -OCH3 is 1. The fraction of sp³-hybridized carbons (Fsp3) is 0.200. The summed E-state index contributed by atoms with van der Waals surface area (Å²) in [7, 11) is 1.31. The molecule has 0 aliphatic carbocycles. The van der Waals surface area contributed by atoms with Crippen LogP contribution in [0.4, 0.5) is 10.1 Å². The number of carbonyl (C=O) groups excluding carboxylic acids is 2. The highest BCUT2D eigenvalue weighted by Gasteiger charge is 2.17. The van der Waals surface area contributed by atoms with Gasteiger partial charge in [0.15, 0.2) is 11.0 Å². The minimum Gasteiger partial charge on any atom is -0.465 e. The number of halogens is 1. The molecule has 29 heavy (non-hydrogen) atoms. The zero-order valence-corrected chi connectivity index (χ0v) is 16.7. The second-order valence-electron chi connectivity index (χ2n) is 5.94. The lowest BCUT2D eigenvalue weighted by Crippen LogP contribution is -2.15. The van der Waals surface area contributed by atoms with Crippen LogP contribution < -0.4 is 5.32 Å². The second kappa shape index (κ2) is 9.33. The van der Waals surface area contributed by atoms with Gasteiger partial charge in [0.2, 0.25) is 5.91 Å². The van der Waals surface area contributed by atoms with Crippen LogP contribution in [0.2, 0.25) is 0 Å². The summed E-state index contributed by atoms with van der Waals surface area (Å²) < 4.78 is 20.5. The first-order valence-electron chi connectivity index (χ1n) is 8.82. The van der Waals surface area contributed by atoms with E-state index in [-0.39, 0.29) is 17.5 Å². The van der Waals surface area contributed by atoms with E-state index in [1.54, 1.807) is 47.0 Å². The van der Waals surface area contributed by atoms with Crippen molar-refractivity contribution in [3.63, 3.8) is 0 Å². The molecule has 0 fully saturated rings. The molecule has 1 aromatic heterocycles. The topological polar surface area (TPSA) is 86.1 Å². The maximum absolute atomic E-state index is 14.1. The Hall–Kier alpha value is -3.20. The number of amides is 1. The van der Waals surface area contributed by atoms with Crippen LogP contribution in [0, 0.1) is 5.82 Å². The van der Waals surface area contributed by atoms with E-state index < -0.39 is 5.97 Å². The quantitative estimate of drug-likeness (QED) is 0.469. The molecule has 0 bridgehead atoms. The Morgan fingerprint density at radius 2 is 1.86 bits per heavy atom. The number of nitrogens with one attached hydrogen (secondary N) is 1. The molecule has 7 nitrogen and oxygen atoms in total. The molecule has 1 amide bonds. The van der Waals surface area contributed by atoms with Crippen LogP contribution in [0.5, 0.6) is 0 Å². The van der Waals surface area contributed by atoms with Crippen molar-refractivity contribution in [1.29, 1.82) is 0 Å². The van der Waals surface area contributed by atoms with E-state index in [4.69, 9.17) is 0 Å². The lowest BCUT2D eigenvalue weighted by atomic mass is 10.2. The summed E-state index contributed by atoms with van der Waals surface area (Å²) in [6.45, 7) is 2.44. The van der Waals surface area contributed by atoms with Crippen LogP contribution in [0.25, 0.3) is 11.4 Å². The summed E-state index contributed by atoms with van der Waals surface area (Å²) in [6, 6.07) is 12.8. The third-order valence-electron chi connectivity index (χ3n) is 4.07. The van der Waals surface area contributed by atoms with E-state index in [2.05, 4.69) is 20.3 Å². The minimum atomic E-state index is -0.442. The molecule has 0 aliphatic rings. The molecule has 9 heteroatoms. The molecule has 3 aromatic rings. The molecule has 0 aliphatic heterocycles. The highest BCUT2D eigenvalue weighted by molar-refractivity contribution is 7.99. The molecule has 0 saturated carbocycles. The highest BCUT2D eigenvalue weighted by atomic mass is 32.2. The van der Waals surface area contributed by atoms with Crippen LogP contribution in [-0.2, 0) is 16.1 Å². The van der Waals surface area contributed by atoms with Crippen molar-refractivity contribution in [2.75, 3.05) is 18.2 Å². The van der Waals surface area contributed by atoms with Gasteiger partial charge in [0.1, 0.15) is 5.82 Å². The van der Waals surface area contributed by atoms with Crippen molar-refractivity contribution in [2.45, 2.75) is 18.6 Å². The van der Waals surface area contributed by atoms with Crippen LogP contribution in [0.1, 0.15) is 17.3 Å². The van der Waals surface area contributed by atoms with Crippen molar-refractivity contribution in [2.24, 2.45) is 0 Å². The Morgan fingerprint density at radius 1 is 1.14 bits per heavy atom. The van der Waals surface area contributed by atoms with Gasteiger partial charge in [-0.1, -0.05) is 23.9 Å². The van der Waals surface area contributed by atoms with Crippen LogP contribution >= 0.6 is 11.8 Å². The number of carbonyl (C=O) groups is 2. The van der Waals surface area contributed by atoms with Crippen LogP contribution in [0.3, 0.4) is 0 Å². The Morgan fingerprint density at radius 3 is 2.52 bits per heavy atom. The molecule has 0 atom stereocenters. The largest absolute Gasteiger partial charge is 0.465 e. The Balaban J connectivity index is 1.65. The number of ether oxygens (including phenoxy) is 1. The van der Waals surface area contributed by atoms with Gasteiger partial charge in [-0.25, -0.2) is 9.18 Å². The summed E-state index contributed by atoms with van der Waals surface area (Å²) >= 11 is 1.21. The first-order chi connectivity index (χ1) is 14.0. The summed E-state index contributed by atoms with van der Waals surface area (Å²) in [5.74, 6) is -0.526. The molecule has 2 aromatic carbocycles. The number of aromatic nitrogens is 3. The Kier molecular flexibility index (Phi) is 6.61. The Bertz CT molecular complexity index is 1020. The third-order valence-corrected chi connectivity index (χ3v) is 5.04. The smallest absolute Gasteiger partial charge is 0.337 e. The molecule has 3 rings (SSSR count). The number of benzene rings is 2. The molecule has 150 valence electrons. The molecule has 1 heterocycles. The summed E-state index contributed by atoms with van der Waals surface area (Å²) in [6.07, 6.45) is 0. The van der Waals surface area contributed by atoms with Crippen LogP contribution in [-0.4, -0.2) is 39.5 Å². The second-order valence-corrected chi connectivity index (χ2v) is 6.88. The van der Waals surface area contributed by atoms with Gasteiger partial charge in [-0.15, -0.1) is 10.2 Å². The van der Waals surface area contributed by atoms with Gasteiger partial charge < -0.3 is 14.6 Å². The predicted molar refractivity (Wildman–Crippen MR) is 108 cm³/mol. The summed E-state index contributed by atoms with van der Waals surface area (Å²) in [5.41, 5.74) is 1.33. The van der Waals surface area contributed by atoms with Gasteiger partial charge in [-0.05, 0) is 43.3 Å². The lowest BCUT2D eigenvalue weighted by Gasteiger charge is -2.08. The van der Waals surface area contributed by atoms with Gasteiger partial charge in [0.25, 0.3) is 0 Å². The number of thioether (sulfide) groups is 1. The fourth-order valence-electron chi connectivity index (χ4n) is 2.66. The number of nitrogens with zero attached hydrogens (tertiary/aromatic N) is 3. The highest BCUT2D eigenvalue weighted by Crippen LogP contribution is 2.26. The van der Waals surface area contributed by atoms with Gasteiger partial charge in [-0.2, -0.15) is 0 Å². The van der Waals surface area contributed by atoms with Gasteiger partial charge >= 0.3 is 5.97 Å². The molecule has 0 unspecified atom stereocenters. The number of rotatable bonds is 7. The van der Waals surface area contributed by atoms with E-state index in [9.17, 15) is 14.0 Å². The monoisotopic (exact) mass is 414 g/mol. The maximum atomic E-state index is 14.1. The van der Waals surface area contributed by atoms with E-state index in [0.717, 1.165) is 0 Å². The van der Waals surface area contributed by atoms with Gasteiger partial charge in [0.05, 0.1) is 24.0 Å². The summed E-state index contributed by atoms with van der Waals surface area (Å²) in [4.78, 5) is 23.7. The fourth-order valence-corrected chi connectivity index (χ4v) is 3.46. The SMILES string of the molecule is CCn1c(SCC(=O)Nc2ccc(C(=O)OC)cc2)nnc1-c1ccccc1F. The van der Waals surface area contributed by atoms with E-state index >= 15 is 0 Å². The van der Waals surface area contributed by atoms with Crippen LogP contribution in [0.15, 0.2) is 53.7 Å². The normalized spacial score (nSPS) is 10.6. The molecular weight excluding hydrogens is 395 g/mol. The third kappa shape index (κ3) is 4.80. The molecule has 0 spiro atoms. The van der Waals surface area contributed by atoms with Crippen molar-refractivity contribution >= 4 is 29.3 Å². The van der Waals surface area contributed by atoms with E-state index in [0.29, 0.717) is 34.3 Å². The molecule has 1 N–H and O–H groups in total. The number of anilines is 1. The average Bonchev–Trinajstić information content (AvgIpc) is 3.15. The van der Waals surface area contributed by atoms with Crippen molar-refractivity contribution in [1.82, 2.24) is 14.8 Å². The summed E-state index contributed by atoms with van der Waals surface area (Å²) in [5, 5.41) is 11.5. The van der Waals surface area contributed by atoms with Gasteiger partial charge in [0, 0.05) is 12.2 Å². The van der Waals surface area contributed by atoms with E-state index in [1.807, 2.05) is 6.92 Å². The minimum absolute atomic E-state index is 0.105. The zero-order valence-electron chi connectivity index (χ0n) is 15.9. The predicted octanol–water partition coefficient (Wildman–Crippen LogP) is 3.62.